The highest BCUT2D eigenvalue weighted by molar-refractivity contribution is 7.93. The molecule has 3 aromatic rings. The summed E-state index contributed by atoms with van der Waals surface area (Å²) in [7, 11) is -3.40. The second-order valence-corrected chi connectivity index (χ2v) is 11.1. The number of H-pyrrole nitrogens is 1. The Morgan fingerprint density at radius 3 is 2.58 bits per heavy atom. The van der Waals surface area contributed by atoms with Crippen molar-refractivity contribution in [3.8, 4) is 11.1 Å². The van der Waals surface area contributed by atoms with E-state index in [9.17, 15) is 13.2 Å². The van der Waals surface area contributed by atoms with E-state index in [2.05, 4.69) is 21.6 Å². The summed E-state index contributed by atoms with van der Waals surface area (Å²) in [6.45, 7) is 2.07. The molecule has 8 heteroatoms. The van der Waals surface area contributed by atoms with E-state index >= 15 is 0 Å². The minimum absolute atomic E-state index is 0.220. The Morgan fingerprint density at radius 1 is 1.09 bits per heavy atom. The van der Waals surface area contributed by atoms with E-state index < -0.39 is 10.0 Å². The Kier molecular flexibility index (Phi) is 5.86. The van der Waals surface area contributed by atoms with E-state index in [4.69, 9.17) is 0 Å². The summed E-state index contributed by atoms with van der Waals surface area (Å²) in [6, 6.07) is 9.94. The van der Waals surface area contributed by atoms with Crippen LogP contribution < -0.4 is 9.62 Å². The van der Waals surface area contributed by atoms with Crippen molar-refractivity contribution in [2.75, 3.05) is 9.62 Å². The van der Waals surface area contributed by atoms with Gasteiger partial charge in [0, 0.05) is 23.3 Å². The van der Waals surface area contributed by atoms with Crippen molar-refractivity contribution in [3.63, 3.8) is 0 Å². The highest BCUT2D eigenvalue weighted by atomic mass is 32.2. The Hall–Kier alpha value is -2.87. The van der Waals surface area contributed by atoms with Crippen molar-refractivity contribution in [2.45, 2.75) is 69.6 Å². The third-order valence-electron chi connectivity index (χ3n) is 6.86. The third-order valence-corrected chi connectivity index (χ3v) is 8.73. The predicted molar refractivity (Wildman–Crippen MR) is 132 cm³/mol. The molecular formula is C25H30N4O3S. The lowest BCUT2D eigenvalue weighted by Gasteiger charge is -2.23. The van der Waals surface area contributed by atoms with Crippen LogP contribution in [0.1, 0.15) is 57.4 Å². The minimum atomic E-state index is -3.40. The van der Waals surface area contributed by atoms with Gasteiger partial charge in [-0.05, 0) is 73.1 Å². The van der Waals surface area contributed by atoms with Gasteiger partial charge >= 0.3 is 0 Å². The van der Waals surface area contributed by atoms with Crippen LogP contribution in [0.25, 0.3) is 22.2 Å². The van der Waals surface area contributed by atoms with Crippen molar-refractivity contribution in [1.82, 2.24) is 9.97 Å². The molecule has 174 valence electrons. The summed E-state index contributed by atoms with van der Waals surface area (Å²) < 4.78 is 28.7. The van der Waals surface area contributed by atoms with Gasteiger partial charge in [0.25, 0.3) is 0 Å². The first kappa shape index (κ1) is 21.9. The Labute approximate surface area is 194 Å². The van der Waals surface area contributed by atoms with Gasteiger partial charge < -0.3 is 4.98 Å². The number of rotatable bonds is 8. The lowest BCUT2D eigenvalue weighted by atomic mass is 9.96. The van der Waals surface area contributed by atoms with Gasteiger partial charge in [0.05, 0.1) is 5.25 Å². The van der Waals surface area contributed by atoms with Crippen LogP contribution in [0, 0.1) is 0 Å². The molecule has 2 aliphatic carbocycles. The number of sulfonamides is 1. The van der Waals surface area contributed by atoms with Crippen LogP contribution in [0.2, 0.25) is 0 Å². The van der Waals surface area contributed by atoms with Gasteiger partial charge in [-0.25, -0.2) is 13.4 Å². The number of hydrogen-bond donors (Lipinski definition) is 2. The second kappa shape index (κ2) is 8.82. The Bertz CT molecular complexity index is 1270. The number of aryl methyl sites for hydroxylation is 1. The first-order chi connectivity index (χ1) is 16.0. The zero-order chi connectivity index (χ0) is 23.0. The molecule has 7 nitrogen and oxygen atoms in total. The van der Waals surface area contributed by atoms with Crippen molar-refractivity contribution in [2.24, 2.45) is 0 Å². The fourth-order valence-corrected chi connectivity index (χ4v) is 6.47. The number of carbonyl (C=O) groups excluding carboxylic acids is 1. The summed E-state index contributed by atoms with van der Waals surface area (Å²) >= 11 is 0. The normalized spacial score (nSPS) is 17.2. The quantitative estimate of drug-likeness (QED) is 0.457. The van der Waals surface area contributed by atoms with Crippen LogP contribution in [0.15, 0.2) is 36.5 Å². The molecule has 0 saturated heterocycles. The zero-order valence-corrected chi connectivity index (χ0v) is 19.7. The van der Waals surface area contributed by atoms with E-state index in [1.54, 1.807) is 4.90 Å². The number of amides is 1. The average molecular weight is 467 g/mol. The second-order valence-electron chi connectivity index (χ2n) is 9.14. The van der Waals surface area contributed by atoms with Gasteiger partial charge in [0.2, 0.25) is 16.4 Å². The standard InChI is InChI=1S/C25H30N4O3S/c1-2-17-14-18(28-33(31,32)20-6-4-3-5-7-20)8-11-21(17)23-15-24(29(16-30)19-9-10-19)27-25-22(23)12-13-26-25/h8,11-16,19-20,28H,2-7,9-10H2,1H3,(H,26,27). The van der Waals surface area contributed by atoms with Gasteiger partial charge in [-0.15, -0.1) is 0 Å². The predicted octanol–water partition coefficient (Wildman–Crippen LogP) is 4.99. The molecule has 2 saturated carbocycles. The molecule has 0 bridgehead atoms. The van der Waals surface area contributed by atoms with Gasteiger partial charge in [0.1, 0.15) is 11.5 Å². The molecule has 0 spiro atoms. The maximum absolute atomic E-state index is 12.9. The number of nitrogens with zero attached hydrogens (tertiary/aromatic N) is 2. The van der Waals surface area contributed by atoms with E-state index in [1.807, 2.05) is 36.5 Å². The van der Waals surface area contributed by atoms with E-state index in [0.29, 0.717) is 11.5 Å². The van der Waals surface area contributed by atoms with Crippen LogP contribution in [0.5, 0.6) is 0 Å². The number of aromatic amines is 1. The maximum atomic E-state index is 12.9. The van der Waals surface area contributed by atoms with Crippen LogP contribution in [-0.4, -0.2) is 36.1 Å². The van der Waals surface area contributed by atoms with Gasteiger partial charge in [-0.1, -0.05) is 32.3 Å². The summed E-state index contributed by atoms with van der Waals surface area (Å²) in [5, 5.41) is 0.667. The van der Waals surface area contributed by atoms with Gasteiger partial charge in [-0.2, -0.15) is 0 Å². The number of anilines is 2. The van der Waals surface area contributed by atoms with Crippen molar-refractivity contribution >= 4 is 39.0 Å². The molecule has 2 aromatic heterocycles. The van der Waals surface area contributed by atoms with E-state index in [0.717, 1.165) is 85.5 Å². The number of carbonyl (C=O) groups is 1. The summed E-state index contributed by atoms with van der Waals surface area (Å²) in [5.41, 5.74) is 4.39. The fraction of sp³-hybridized carbons (Fsp3) is 0.440. The third kappa shape index (κ3) is 4.36. The lowest BCUT2D eigenvalue weighted by molar-refractivity contribution is -0.107. The molecule has 2 heterocycles. The number of fused-ring (bicyclic) bond motifs is 1. The molecule has 2 fully saturated rings. The molecule has 1 aromatic carbocycles. The number of hydrogen-bond acceptors (Lipinski definition) is 4. The van der Waals surface area contributed by atoms with Crippen molar-refractivity contribution in [3.05, 3.63) is 42.1 Å². The van der Waals surface area contributed by atoms with Crippen LogP contribution in [-0.2, 0) is 21.2 Å². The lowest BCUT2D eigenvalue weighted by Crippen LogP contribution is -2.29. The van der Waals surface area contributed by atoms with Gasteiger partial charge in [0.15, 0.2) is 0 Å². The minimum Gasteiger partial charge on any atom is -0.346 e. The summed E-state index contributed by atoms with van der Waals surface area (Å²) in [4.78, 5) is 21.3. The monoisotopic (exact) mass is 466 g/mol. The molecule has 0 radical (unpaired) electrons. The SMILES string of the molecule is CCc1cc(NS(=O)(=O)C2CCCCC2)ccc1-c1cc(N(C=O)C2CC2)nc2[nH]ccc12. The average Bonchev–Trinajstić information content (AvgIpc) is 3.55. The maximum Gasteiger partial charge on any atom is 0.235 e. The highest BCUT2D eigenvalue weighted by Crippen LogP contribution is 2.37. The summed E-state index contributed by atoms with van der Waals surface area (Å²) in [5.74, 6) is 0.640. The topological polar surface area (TPSA) is 95.2 Å². The first-order valence-electron chi connectivity index (χ1n) is 11.9. The molecule has 2 aliphatic rings. The molecule has 0 atom stereocenters. The summed E-state index contributed by atoms with van der Waals surface area (Å²) in [6.07, 6.45) is 9.97. The zero-order valence-electron chi connectivity index (χ0n) is 18.9. The fourth-order valence-electron chi connectivity index (χ4n) is 4.89. The number of benzene rings is 1. The molecular weight excluding hydrogens is 436 g/mol. The van der Waals surface area contributed by atoms with E-state index in [1.165, 1.54) is 0 Å². The number of pyridine rings is 1. The molecule has 5 rings (SSSR count). The Morgan fingerprint density at radius 2 is 1.88 bits per heavy atom. The van der Waals surface area contributed by atoms with Crippen LogP contribution >= 0.6 is 0 Å². The highest BCUT2D eigenvalue weighted by Gasteiger charge is 2.31. The molecule has 1 amide bonds. The smallest absolute Gasteiger partial charge is 0.235 e. The van der Waals surface area contributed by atoms with E-state index in [-0.39, 0.29) is 11.3 Å². The largest absolute Gasteiger partial charge is 0.346 e. The van der Waals surface area contributed by atoms with Crippen LogP contribution in [0.3, 0.4) is 0 Å². The number of nitrogens with one attached hydrogen (secondary N) is 2. The molecule has 0 unspecified atom stereocenters. The van der Waals surface area contributed by atoms with Crippen LogP contribution in [0.4, 0.5) is 11.5 Å². The molecule has 33 heavy (non-hydrogen) atoms. The first-order valence-corrected chi connectivity index (χ1v) is 13.4. The van der Waals surface area contributed by atoms with Crippen molar-refractivity contribution < 1.29 is 13.2 Å². The van der Waals surface area contributed by atoms with Crippen molar-refractivity contribution in [1.29, 1.82) is 0 Å². The van der Waals surface area contributed by atoms with Gasteiger partial charge in [-0.3, -0.25) is 14.4 Å². The molecule has 0 aliphatic heterocycles. The molecule has 2 N–H and O–H groups in total. The number of aromatic nitrogens is 2. The Balaban J connectivity index is 1.52.